The molecule has 2 aromatic rings. The lowest BCUT2D eigenvalue weighted by Gasteiger charge is -2.23. The molecule has 0 unspecified atom stereocenters. The lowest BCUT2D eigenvalue weighted by molar-refractivity contribution is -0.140. The second-order valence-electron chi connectivity index (χ2n) is 6.51. The number of esters is 1. The highest BCUT2D eigenvalue weighted by Crippen LogP contribution is 2.24. The van der Waals surface area contributed by atoms with Crippen molar-refractivity contribution in [2.45, 2.75) is 18.9 Å². The van der Waals surface area contributed by atoms with Crippen molar-refractivity contribution in [3.63, 3.8) is 0 Å². The molecular formula is C21H22N2O5. The van der Waals surface area contributed by atoms with Crippen molar-refractivity contribution in [3.8, 4) is 5.75 Å². The van der Waals surface area contributed by atoms with E-state index in [2.05, 4.69) is 0 Å². The van der Waals surface area contributed by atoms with Crippen LogP contribution in [0.4, 0.5) is 0 Å². The molecule has 1 heterocycles. The summed E-state index contributed by atoms with van der Waals surface area (Å²) in [4.78, 5) is 38.0. The molecule has 1 saturated heterocycles. The molecule has 0 radical (unpaired) electrons. The van der Waals surface area contributed by atoms with E-state index in [0.717, 1.165) is 12.8 Å². The largest absolute Gasteiger partial charge is 0.484 e. The first kappa shape index (κ1) is 19.4. The molecule has 0 aromatic heterocycles. The van der Waals surface area contributed by atoms with Gasteiger partial charge in [0.1, 0.15) is 5.75 Å². The number of likely N-dealkylation sites (tertiary alicyclic amines) is 1. The molecule has 1 atom stereocenters. The number of nitrogens with two attached hydrogens (primary N) is 1. The zero-order chi connectivity index (χ0) is 19.9. The second-order valence-corrected chi connectivity index (χ2v) is 6.51. The first-order valence-corrected chi connectivity index (χ1v) is 9.10. The standard InChI is InChI=1S/C21H22N2O5/c22-18(24)14-27-17-10-8-16(9-11-17)21(26)28-19(15-6-2-1-3-7-15)20(25)23-12-4-5-13-23/h1-3,6-11,19H,4-5,12-14H2,(H2,22,24)/t19-/m0/s1. The smallest absolute Gasteiger partial charge is 0.339 e. The van der Waals surface area contributed by atoms with Crippen LogP contribution in [-0.2, 0) is 14.3 Å². The summed E-state index contributed by atoms with van der Waals surface area (Å²) in [7, 11) is 0. The van der Waals surface area contributed by atoms with E-state index < -0.39 is 18.0 Å². The number of amides is 2. The van der Waals surface area contributed by atoms with E-state index in [1.54, 1.807) is 41.3 Å². The average Bonchev–Trinajstić information content (AvgIpc) is 3.26. The van der Waals surface area contributed by atoms with Crippen molar-refractivity contribution < 1.29 is 23.9 Å². The highest BCUT2D eigenvalue weighted by molar-refractivity contribution is 5.93. The minimum atomic E-state index is -0.988. The van der Waals surface area contributed by atoms with Gasteiger partial charge < -0.3 is 20.1 Å². The summed E-state index contributed by atoms with van der Waals surface area (Å²) in [6.45, 7) is 1.10. The molecular weight excluding hydrogens is 360 g/mol. The quantitative estimate of drug-likeness (QED) is 0.739. The third-order valence-corrected chi connectivity index (χ3v) is 4.44. The van der Waals surface area contributed by atoms with Gasteiger partial charge in [-0.3, -0.25) is 9.59 Å². The fourth-order valence-electron chi connectivity index (χ4n) is 3.01. The maximum Gasteiger partial charge on any atom is 0.339 e. The minimum Gasteiger partial charge on any atom is -0.484 e. The number of benzene rings is 2. The van der Waals surface area contributed by atoms with E-state index in [-0.39, 0.29) is 18.1 Å². The number of hydrogen-bond donors (Lipinski definition) is 1. The van der Waals surface area contributed by atoms with Crippen molar-refractivity contribution in [2.75, 3.05) is 19.7 Å². The predicted molar refractivity (Wildman–Crippen MR) is 102 cm³/mol. The van der Waals surface area contributed by atoms with E-state index >= 15 is 0 Å². The fraction of sp³-hybridized carbons (Fsp3) is 0.286. The van der Waals surface area contributed by atoms with Gasteiger partial charge in [-0.1, -0.05) is 30.3 Å². The number of carbonyl (C=O) groups excluding carboxylic acids is 3. The van der Waals surface area contributed by atoms with Gasteiger partial charge in [-0.25, -0.2) is 4.79 Å². The van der Waals surface area contributed by atoms with Crippen LogP contribution in [0.5, 0.6) is 5.75 Å². The molecule has 2 aromatic carbocycles. The molecule has 1 fully saturated rings. The molecule has 0 saturated carbocycles. The molecule has 1 aliphatic rings. The Morgan fingerprint density at radius 3 is 2.21 bits per heavy atom. The van der Waals surface area contributed by atoms with Crippen LogP contribution in [0.2, 0.25) is 0 Å². The lowest BCUT2D eigenvalue weighted by atomic mass is 10.1. The third kappa shape index (κ3) is 4.88. The van der Waals surface area contributed by atoms with Gasteiger partial charge in [-0.2, -0.15) is 0 Å². The summed E-state index contributed by atoms with van der Waals surface area (Å²) in [5, 5.41) is 0. The fourth-order valence-corrected chi connectivity index (χ4v) is 3.01. The van der Waals surface area contributed by atoms with Gasteiger partial charge in [-0.15, -0.1) is 0 Å². The first-order chi connectivity index (χ1) is 13.5. The van der Waals surface area contributed by atoms with Crippen molar-refractivity contribution in [3.05, 3.63) is 65.7 Å². The van der Waals surface area contributed by atoms with Crippen molar-refractivity contribution >= 4 is 17.8 Å². The van der Waals surface area contributed by atoms with Gasteiger partial charge in [0.25, 0.3) is 11.8 Å². The normalized spacial score (nSPS) is 14.4. The second kappa shape index (κ2) is 9.03. The number of primary amides is 1. The van der Waals surface area contributed by atoms with Crippen molar-refractivity contribution in [1.82, 2.24) is 4.90 Å². The van der Waals surface area contributed by atoms with Crippen LogP contribution in [-0.4, -0.2) is 42.4 Å². The van der Waals surface area contributed by atoms with Gasteiger partial charge in [-0.05, 0) is 37.1 Å². The van der Waals surface area contributed by atoms with Gasteiger partial charge in [0, 0.05) is 18.7 Å². The molecule has 3 rings (SSSR count). The Morgan fingerprint density at radius 1 is 0.964 bits per heavy atom. The minimum absolute atomic E-state index is 0.210. The molecule has 0 bridgehead atoms. The maximum absolute atomic E-state index is 12.9. The molecule has 28 heavy (non-hydrogen) atoms. The molecule has 0 aliphatic carbocycles. The maximum atomic E-state index is 12.9. The van der Waals surface area contributed by atoms with E-state index in [0.29, 0.717) is 24.4 Å². The van der Waals surface area contributed by atoms with E-state index in [1.807, 2.05) is 6.07 Å². The molecule has 146 valence electrons. The molecule has 7 heteroatoms. The average molecular weight is 382 g/mol. The highest BCUT2D eigenvalue weighted by Gasteiger charge is 2.31. The number of nitrogens with zero attached hydrogens (tertiary/aromatic N) is 1. The Morgan fingerprint density at radius 2 is 1.61 bits per heavy atom. The van der Waals surface area contributed by atoms with Gasteiger partial charge in [0.05, 0.1) is 5.56 Å². The van der Waals surface area contributed by atoms with Crippen LogP contribution >= 0.6 is 0 Å². The molecule has 1 aliphatic heterocycles. The predicted octanol–water partition coefficient (Wildman–Crippen LogP) is 2.07. The lowest BCUT2D eigenvalue weighted by Crippen LogP contribution is -2.34. The van der Waals surface area contributed by atoms with Crippen molar-refractivity contribution in [1.29, 1.82) is 0 Å². The summed E-state index contributed by atoms with van der Waals surface area (Å²) < 4.78 is 10.8. The molecule has 2 amide bonds. The summed E-state index contributed by atoms with van der Waals surface area (Å²) in [5.41, 5.74) is 5.95. The Balaban J connectivity index is 1.73. The number of rotatable bonds is 7. The summed E-state index contributed by atoms with van der Waals surface area (Å²) in [5.74, 6) is -1.00. The van der Waals surface area contributed by atoms with Crippen LogP contribution in [0.15, 0.2) is 54.6 Å². The SMILES string of the molecule is NC(=O)COc1ccc(C(=O)O[C@H](C(=O)N2CCCC2)c2ccccc2)cc1. The summed E-state index contributed by atoms with van der Waals surface area (Å²) in [6, 6.07) is 15.1. The van der Waals surface area contributed by atoms with Crippen LogP contribution in [0.1, 0.15) is 34.9 Å². The summed E-state index contributed by atoms with van der Waals surface area (Å²) >= 11 is 0. The van der Waals surface area contributed by atoms with Crippen molar-refractivity contribution in [2.24, 2.45) is 5.73 Å². The van der Waals surface area contributed by atoms with Crippen LogP contribution in [0, 0.1) is 0 Å². The molecule has 2 N–H and O–H groups in total. The Hall–Kier alpha value is -3.35. The Labute approximate surface area is 163 Å². The summed E-state index contributed by atoms with van der Waals surface area (Å²) in [6.07, 6.45) is 0.916. The number of ether oxygens (including phenoxy) is 2. The zero-order valence-electron chi connectivity index (χ0n) is 15.4. The van der Waals surface area contributed by atoms with Gasteiger partial charge in [0.15, 0.2) is 6.61 Å². The van der Waals surface area contributed by atoms with Crippen LogP contribution in [0.25, 0.3) is 0 Å². The first-order valence-electron chi connectivity index (χ1n) is 9.10. The monoisotopic (exact) mass is 382 g/mol. The van der Waals surface area contributed by atoms with E-state index in [1.165, 1.54) is 12.1 Å². The zero-order valence-corrected chi connectivity index (χ0v) is 15.4. The van der Waals surface area contributed by atoms with Gasteiger partial charge in [0.2, 0.25) is 6.10 Å². The Bertz CT molecular complexity index is 830. The van der Waals surface area contributed by atoms with Crippen LogP contribution in [0.3, 0.4) is 0 Å². The third-order valence-electron chi connectivity index (χ3n) is 4.44. The Kier molecular flexibility index (Phi) is 6.26. The molecule has 7 nitrogen and oxygen atoms in total. The van der Waals surface area contributed by atoms with Gasteiger partial charge >= 0.3 is 5.97 Å². The highest BCUT2D eigenvalue weighted by atomic mass is 16.5. The van der Waals surface area contributed by atoms with E-state index in [4.69, 9.17) is 15.2 Å². The van der Waals surface area contributed by atoms with E-state index in [9.17, 15) is 14.4 Å². The van der Waals surface area contributed by atoms with Crippen LogP contribution < -0.4 is 10.5 Å². The number of carbonyl (C=O) groups is 3. The number of hydrogen-bond acceptors (Lipinski definition) is 5. The molecule has 0 spiro atoms. The topological polar surface area (TPSA) is 98.9 Å².